The molecule has 2 aromatic carbocycles. The van der Waals surface area contributed by atoms with Crippen LogP contribution in [0.5, 0.6) is 5.75 Å². The van der Waals surface area contributed by atoms with E-state index in [2.05, 4.69) is 5.32 Å². The standard InChI is InChI=1S/C18H20ClNO2/c1-3-13(2)20-18(21)15-9-5-7-11-17(15)22-12-14-8-4-6-10-16(14)19/h4-11,13H,3,12H2,1-2H3,(H,20,21)/t13-/m0/s1. The van der Waals surface area contributed by atoms with Gasteiger partial charge in [0.25, 0.3) is 5.91 Å². The number of carbonyl (C=O) groups is 1. The second-order valence-electron chi connectivity index (χ2n) is 5.16. The molecule has 4 heteroatoms. The minimum atomic E-state index is -0.121. The summed E-state index contributed by atoms with van der Waals surface area (Å²) in [6, 6.07) is 14.9. The molecule has 1 amide bonds. The van der Waals surface area contributed by atoms with Gasteiger partial charge in [0.2, 0.25) is 0 Å². The lowest BCUT2D eigenvalue weighted by molar-refractivity contribution is 0.0934. The van der Waals surface area contributed by atoms with E-state index in [1.807, 2.05) is 50.2 Å². The minimum Gasteiger partial charge on any atom is -0.488 e. The maximum absolute atomic E-state index is 12.3. The predicted octanol–water partition coefficient (Wildman–Crippen LogP) is 4.45. The van der Waals surface area contributed by atoms with Gasteiger partial charge in [0.1, 0.15) is 12.4 Å². The molecule has 0 spiro atoms. The average Bonchev–Trinajstić information content (AvgIpc) is 2.54. The zero-order chi connectivity index (χ0) is 15.9. The molecule has 1 atom stereocenters. The third kappa shape index (κ3) is 4.25. The lowest BCUT2D eigenvalue weighted by atomic mass is 10.1. The topological polar surface area (TPSA) is 38.3 Å². The molecule has 0 aliphatic rings. The highest BCUT2D eigenvalue weighted by molar-refractivity contribution is 6.31. The third-order valence-corrected chi connectivity index (χ3v) is 3.83. The van der Waals surface area contributed by atoms with Gasteiger partial charge in [-0.3, -0.25) is 4.79 Å². The van der Waals surface area contributed by atoms with Crippen molar-refractivity contribution < 1.29 is 9.53 Å². The van der Waals surface area contributed by atoms with Gasteiger partial charge in [0.05, 0.1) is 5.56 Å². The van der Waals surface area contributed by atoms with Gasteiger partial charge in [0.15, 0.2) is 0 Å². The largest absolute Gasteiger partial charge is 0.488 e. The van der Waals surface area contributed by atoms with E-state index in [1.54, 1.807) is 12.1 Å². The van der Waals surface area contributed by atoms with Gasteiger partial charge < -0.3 is 10.1 Å². The number of halogens is 1. The number of benzene rings is 2. The Morgan fingerprint density at radius 1 is 1.18 bits per heavy atom. The molecule has 2 aromatic rings. The van der Waals surface area contributed by atoms with Crippen molar-refractivity contribution in [3.63, 3.8) is 0 Å². The molecular formula is C18H20ClNO2. The van der Waals surface area contributed by atoms with Crippen molar-refractivity contribution in [2.75, 3.05) is 0 Å². The van der Waals surface area contributed by atoms with Gasteiger partial charge in [-0.25, -0.2) is 0 Å². The second-order valence-corrected chi connectivity index (χ2v) is 5.57. The monoisotopic (exact) mass is 317 g/mol. The smallest absolute Gasteiger partial charge is 0.255 e. The Hall–Kier alpha value is -2.00. The SMILES string of the molecule is CC[C@H](C)NC(=O)c1ccccc1OCc1ccccc1Cl. The summed E-state index contributed by atoms with van der Waals surface area (Å²) in [7, 11) is 0. The lowest BCUT2D eigenvalue weighted by Crippen LogP contribution is -2.32. The molecule has 22 heavy (non-hydrogen) atoms. The molecule has 0 aromatic heterocycles. The molecule has 0 bridgehead atoms. The quantitative estimate of drug-likeness (QED) is 0.855. The molecule has 0 saturated carbocycles. The molecule has 0 fully saturated rings. The molecule has 0 saturated heterocycles. The van der Waals surface area contributed by atoms with Crippen LogP contribution >= 0.6 is 11.6 Å². The highest BCUT2D eigenvalue weighted by Gasteiger charge is 2.14. The van der Waals surface area contributed by atoms with Crippen LogP contribution in [0.1, 0.15) is 36.2 Å². The van der Waals surface area contributed by atoms with Gasteiger partial charge >= 0.3 is 0 Å². The Bertz CT molecular complexity index is 642. The molecule has 0 radical (unpaired) electrons. The molecular weight excluding hydrogens is 298 g/mol. The summed E-state index contributed by atoms with van der Waals surface area (Å²) in [5.41, 5.74) is 1.43. The summed E-state index contributed by atoms with van der Waals surface area (Å²) < 4.78 is 5.80. The average molecular weight is 318 g/mol. The summed E-state index contributed by atoms with van der Waals surface area (Å²) in [5.74, 6) is 0.437. The van der Waals surface area contributed by atoms with Crippen molar-refractivity contribution in [3.05, 3.63) is 64.7 Å². The van der Waals surface area contributed by atoms with Crippen LogP contribution in [0.15, 0.2) is 48.5 Å². The molecule has 3 nitrogen and oxygen atoms in total. The van der Waals surface area contributed by atoms with Crippen LogP contribution in [-0.2, 0) is 6.61 Å². The highest BCUT2D eigenvalue weighted by Crippen LogP contribution is 2.22. The number of ether oxygens (including phenoxy) is 1. The Morgan fingerprint density at radius 3 is 2.59 bits per heavy atom. The molecule has 2 rings (SSSR count). The van der Waals surface area contributed by atoms with E-state index in [1.165, 1.54) is 0 Å². The van der Waals surface area contributed by atoms with Crippen LogP contribution in [0.2, 0.25) is 5.02 Å². The van der Waals surface area contributed by atoms with Gasteiger partial charge in [-0.2, -0.15) is 0 Å². The molecule has 0 aliphatic heterocycles. The maximum atomic E-state index is 12.3. The first-order valence-electron chi connectivity index (χ1n) is 7.38. The van der Waals surface area contributed by atoms with Gasteiger partial charge in [-0.05, 0) is 31.5 Å². The van der Waals surface area contributed by atoms with Crippen molar-refractivity contribution in [1.29, 1.82) is 0 Å². The van der Waals surface area contributed by atoms with Crippen LogP contribution in [-0.4, -0.2) is 11.9 Å². The molecule has 0 heterocycles. The third-order valence-electron chi connectivity index (χ3n) is 3.46. The fourth-order valence-electron chi connectivity index (χ4n) is 1.95. The second kappa shape index (κ2) is 7.85. The van der Waals surface area contributed by atoms with E-state index < -0.39 is 0 Å². The van der Waals surface area contributed by atoms with E-state index in [0.717, 1.165) is 12.0 Å². The van der Waals surface area contributed by atoms with E-state index in [4.69, 9.17) is 16.3 Å². The fourth-order valence-corrected chi connectivity index (χ4v) is 2.14. The number of carbonyl (C=O) groups excluding carboxylic acids is 1. The number of hydrogen-bond donors (Lipinski definition) is 1. The van der Waals surface area contributed by atoms with E-state index >= 15 is 0 Å². The molecule has 116 valence electrons. The van der Waals surface area contributed by atoms with E-state index in [9.17, 15) is 4.79 Å². The zero-order valence-electron chi connectivity index (χ0n) is 12.8. The van der Waals surface area contributed by atoms with Crippen molar-refractivity contribution in [1.82, 2.24) is 5.32 Å². The first-order chi connectivity index (χ1) is 10.6. The molecule has 0 unspecified atom stereocenters. The maximum Gasteiger partial charge on any atom is 0.255 e. The van der Waals surface area contributed by atoms with Crippen LogP contribution in [0.4, 0.5) is 0 Å². The summed E-state index contributed by atoms with van der Waals surface area (Å²) >= 11 is 6.12. The number of hydrogen-bond acceptors (Lipinski definition) is 2. The summed E-state index contributed by atoms with van der Waals surface area (Å²) in [4.78, 5) is 12.3. The van der Waals surface area contributed by atoms with Crippen molar-refractivity contribution >= 4 is 17.5 Å². The predicted molar refractivity (Wildman–Crippen MR) is 89.4 cm³/mol. The normalized spacial score (nSPS) is 11.8. The van der Waals surface area contributed by atoms with Crippen molar-refractivity contribution in [2.45, 2.75) is 32.9 Å². The lowest BCUT2D eigenvalue weighted by Gasteiger charge is -2.15. The number of para-hydroxylation sites is 1. The highest BCUT2D eigenvalue weighted by atomic mass is 35.5. The molecule has 1 N–H and O–H groups in total. The molecule has 0 aliphatic carbocycles. The summed E-state index contributed by atoms with van der Waals surface area (Å²) in [5, 5.41) is 3.61. The van der Waals surface area contributed by atoms with Gasteiger partial charge in [0, 0.05) is 16.6 Å². The Labute approximate surface area is 136 Å². The first-order valence-corrected chi connectivity index (χ1v) is 7.75. The minimum absolute atomic E-state index is 0.121. The van der Waals surface area contributed by atoms with Crippen LogP contribution < -0.4 is 10.1 Å². The summed E-state index contributed by atoms with van der Waals surface area (Å²) in [6.07, 6.45) is 0.883. The Kier molecular flexibility index (Phi) is 5.84. The van der Waals surface area contributed by atoms with Gasteiger partial charge in [-0.15, -0.1) is 0 Å². The fraction of sp³-hybridized carbons (Fsp3) is 0.278. The zero-order valence-corrected chi connectivity index (χ0v) is 13.6. The van der Waals surface area contributed by atoms with E-state index in [-0.39, 0.29) is 11.9 Å². The van der Waals surface area contributed by atoms with Crippen LogP contribution in [0, 0.1) is 0 Å². The number of amides is 1. The van der Waals surface area contributed by atoms with Gasteiger partial charge in [-0.1, -0.05) is 48.9 Å². The van der Waals surface area contributed by atoms with Crippen LogP contribution in [0.25, 0.3) is 0 Å². The first kappa shape index (κ1) is 16.4. The van der Waals surface area contributed by atoms with E-state index in [0.29, 0.717) is 22.9 Å². The Balaban J connectivity index is 2.11. The Morgan fingerprint density at radius 2 is 1.86 bits per heavy atom. The summed E-state index contributed by atoms with van der Waals surface area (Å²) in [6.45, 7) is 4.34. The van der Waals surface area contributed by atoms with Crippen molar-refractivity contribution in [2.24, 2.45) is 0 Å². The number of rotatable bonds is 6. The van der Waals surface area contributed by atoms with Crippen LogP contribution in [0.3, 0.4) is 0 Å². The van der Waals surface area contributed by atoms with Crippen molar-refractivity contribution in [3.8, 4) is 5.75 Å². The number of nitrogens with one attached hydrogen (secondary N) is 1.